The quantitative estimate of drug-likeness (QED) is 0.785. The van der Waals surface area contributed by atoms with Crippen molar-refractivity contribution >= 4 is 11.9 Å². The van der Waals surface area contributed by atoms with Gasteiger partial charge in [-0.1, -0.05) is 30.3 Å². The Hall–Kier alpha value is -2.88. The largest absolute Gasteiger partial charge is 0.490 e. The standard InChI is InChI=1S/C17H21N3O2.C2HF3O2/c1-20-16-12-22-11-14(15(16)10-19-20)9-18-17(21)8-7-13-5-3-2-4-6-13;3-2(4,5)1(6)7/h2-6,10,14H,7-9,11-12H2,1H3,(H,18,21);(H,6,7). The maximum Gasteiger partial charge on any atom is 0.490 e. The van der Waals surface area contributed by atoms with Crippen LogP contribution < -0.4 is 5.32 Å². The zero-order chi connectivity index (χ0) is 21.4. The van der Waals surface area contributed by atoms with Crippen LogP contribution in [0.3, 0.4) is 0 Å². The fourth-order valence-corrected chi connectivity index (χ4v) is 2.78. The molecule has 7 nitrogen and oxygen atoms in total. The zero-order valence-corrected chi connectivity index (χ0v) is 15.8. The Labute approximate surface area is 165 Å². The summed E-state index contributed by atoms with van der Waals surface area (Å²) in [5, 5.41) is 14.4. The SMILES string of the molecule is Cn1ncc2c1COCC2CNC(=O)CCc1ccccc1.O=C(O)C(F)(F)F. The summed E-state index contributed by atoms with van der Waals surface area (Å²) in [7, 11) is 1.92. The number of aryl methyl sites for hydroxylation is 2. The van der Waals surface area contributed by atoms with Crippen LogP contribution in [-0.2, 0) is 34.4 Å². The van der Waals surface area contributed by atoms with Crippen molar-refractivity contribution in [1.82, 2.24) is 15.1 Å². The maximum atomic E-state index is 12.0. The lowest BCUT2D eigenvalue weighted by Gasteiger charge is -2.23. The van der Waals surface area contributed by atoms with Crippen molar-refractivity contribution in [3.8, 4) is 0 Å². The number of aromatic nitrogens is 2. The molecule has 1 aliphatic heterocycles. The zero-order valence-electron chi connectivity index (χ0n) is 15.8. The van der Waals surface area contributed by atoms with Gasteiger partial charge in [-0.3, -0.25) is 9.48 Å². The van der Waals surface area contributed by atoms with E-state index in [4.69, 9.17) is 14.6 Å². The van der Waals surface area contributed by atoms with Gasteiger partial charge in [-0.05, 0) is 12.0 Å². The molecule has 0 spiro atoms. The summed E-state index contributed by atoms with van der Waals surface area (Å²) < 4.78 is 39.2. The number of alkyl halides is 3. The van der Waals surface area contributed by atoms with Gasteiger partial charge in [-0.2, -0.15) is 18.3 Å². The van der Waals surface area contributed by atoms with Crippen molar-refractivity contribution in [3.05, 3.63) is 53.3 Å². The molecule has 1 aromatic heterocycles. The molecule has 0 bridgehead atoms. The van der Waals surface area contributed by atoms with Crippen molar-refractivity contribution in [2.45, 2.75) is 31.5 Å². The molecule has 1 amide bonds. The van der Waals surface area contributed by atoms with Crippen LogP contribution in [0, 0.1) is 0 Å². The molecular weight excluding hydrogens is 391 g/mol. The molecule has 1 aliphatic rings. The van der Waals surface area contributed by atoms with E-state index in [0.717, 1.165) is 12.1 Å². The summed E-state index contributed by atoms with van der Waals surface area (Å²) in [6.45, 7) is 1.84. The summed E-state index contributed by atoms with van der Waals surface area (Å²) in [5.74, 6) is -2.48. The first-order valence-electron chi connectivity index (χ1n) is 8.87. The monoisotopic (exact) mass is 413 g/mol. The lowest BCUT2D eigenvalue weighted by Crippen LogP contribution is -2.32. The fraction of sp³-hybridized carbons (Fsp3) is 0.421. The van der Waals surface area contributed by atoms with E-state index in [0.29, 0.717) is 26.2 Å². The van der Waals surface area contributed by atoms with E-state index in [1.54, 1.807) is 0 Å². The molecule has 0 saturated carbocycles. The molecule has 2 heterocycles. The Kier molecular flexibility index (Phi) is 7.77. The van der Waals surface area contributed by atoms with Crippen LogP contribution in [0.2, 0.25) is 0 Å². The second-order valence-corrected chi connectivity index (χ2v) is 6.47. The molecule has 0 fully saturated rings. The lowest BCUT2D eigenvalue weighted by molar-refractivity contribution is -0.192. The van der Waals surface area contributed by atoms with Crippen LogP contribution in [0.1, 0.15) is 29.2 Å². The molecule has 10 heteroatoms. The van der Waals surface area contributed by atoms with Gasteiger partial charge in [0.1, 0.15) is 0 Å². The van der Waals surface area contributed by atoms with E-state index in [1.807, 2.05) is 48.3 Å². The number of hydrogen-bond acceptors (Lipinski definition) is 4. The first kappa shape index (κ1) is 22.4. The third-order valence-electron chi connectivity index (χ3n) is 4.36. The van der Waals surface area contributed by atoms with Crippen molar-refractivity contribution in [2.75, 3.05) is 13.2 Å². The molecule has 3 rings (SSSR count). The summed E-state index contributed by atoms with van der Waals surface area (Å²) in [6.07, 6.45) is -1.91. The van der Waals surface area contributed by atoms with Crippen LogP contribution >= 0.6 is 0 Å². The molecule has 0 aliphatic carbocycles. The van der Waals surface area contributed by atoms with Gasteiger partial charge >= 0.3 is 12.1 Å². The summed E-state index contributed by atoms with van der Waals surface area (Å²) in [6, 6.07) is 10.1. The molecule has 1 aromatic carbocycles. The Morgan fingerprint density at radius 3 is 2.59 bits per heavy atom. The molecule has 1 unspecified atom stereocenters. The van der Waals surface area contributed by atoms with Crippen LogP contribution in [-0.4, -0.2) is 46.1 Å². The minimum Gasteiger partial charge on any atom is -0.475 e. The predicted molar refractivity (Wildman–Crippen MR) is 97.1 cm³/mol. The van der Waals surface area contributed by atoms with E-state index >= 15 is 0 Å². The highest BCUT2D eigenvalue weighted by molar-refractivity contribution is 5.76. The minimum atomic E-state index is -5.08. The topological polar surface area (TPSA) is 93.5 Å². The smallest absolute Gasteiger partial charge is 0.475 e. The summed E-state index contributed by atoms with van der Waals surface area (Å²) in [4.78, 5) is 20.9. The number of carboxylic acids is 1. The van der Waals surface area contributed by atoms with E-state index < -0.39 is 12.1 Å². The number of nitrogens with one attached hydrogen (secondary N) is 1. The van der Waals surface area contributed by atoms with Gasteiger partial charge in [0.2, 0.25) is 5.91 Å². The Bertz CT molecular complexity index is 822. The number of carbonyl (C=O) groups is 2. The highest BCUT2D eigenvalue weighted by Gasteiger charge is 2.38. The molecular formula is C19H22F3N3O4. The van der Waals surface area contributed by atoms with E-state index in [1.165, 1.54) is 11.1 Å². The van der Waals surface area contributed by atoms with E-state index in [2.05, 4.69) is 10.4 Å². The Morgan fingerprint density at radius 2 is 1.97 bits per heavy atom. The predicted octanol–water partition coefficient (Wildman–Crippen LogP) is 2.42. The molecule has 0 saturated heterocycles. The summed E-state index contributed by atoms with van der Waals surface area (Å²) >= 11 is 0. The molecule has 1 atom stereocenters. The molecule has 0 radical (unpaired) electrons. The average molecular weight is 413 g/mol. The van der Waals surface area contributed by atoms with Gasteiger partial charge in [-0.25, -0.2) is 4.79 Å². The lowest BCUT2D eigenvalue weighted by atomic mass is 9.98. The number of fused-ring (bicyclic) bond motifs is 1. The van der Waals surface area contributed by atoms with Crippen LogP contribution in [0.5, 0.6) is 0 Å². The minimum absolute atomic E-state index is 0.0832. The molecule has 2 aromatic rings. The first-order chi connectivity index (χ1) is 13.7. The fourth-order valence-electron chi connectivity index (χ4n) is 2.78. The number of amides is 1. The average Bonchev–Trinajstić information content (AvgIpc) is 3.07. The van der Waals surface area contributed by atoms with Gasteiger partial charge in [0.15, 0.2) is 0 Å². The molecule has 158 valence electrons. The number of benzene rings is 1. The third kappa shape index (κ3) is 6.90. The maximum absolute atomic E-state index is 12.0. The highest BCUT2D eigenvalue weighted by atomic mass is 19.4. The number of hydrogen-bond donors (Lipinski definition) is 2. The Morgan fingerprint density at radius 1 is 1.31 bits per heavy atom. The van der Waals surface area contributed by atoms with Crippen molar-refractivity contribution in [2.24, 2.45) is 7.05 Å². The van der Waals surface area contributed by atoms with Gasteiger partial charge in [0, 0.05) is 31.5 Å². The number of aliphatic carboxylic acids is 1. The second-order valence-electron chi connectivity index (χ2n) is 6.47. The highest BCUT2D eigenvalue weighted by Crippen LogP contribution is 2.25. The van der Waals surface area contributed by atoms with Crippen molar-refractivity contribution in [1.29, 1.82) is 0 Å². The van der Waals surface area contributed by atoms with Gasteiger partial charge in [0.25, 0.3) is 0 Å². The third-order valence-corrected chi connectivity index (χ3v) is 4.36. The van der Waals surface area contributed by atoms with Crippen LogP contribution in [0.25, 0.3) is 0 Å². The van der Waals surface area contributed by atoms with Crippen LogP contribution in [0.15, 0.2) is 36.5 Å². The number of ether oxygens (including phenoxy) is 1. The number of nitrogens with zero attached hydrogens (tertiary/aromatic N) is 2. The number of halogens is 3. The Balaban J connectivity index is 0.000000370. The number of carboxylic acid groups (broad SMARTS) is 1. The van der Waals surface area contributed by atoms with Gasteiger partial charge in [0.05, 0.1) is 25.1 Å². The second kappa shape index (κ2) is 10.1. The van der Waals surface area contributed by atoms with Crippen molar-refractivity contribution in [3.63, 3.8) is 0 Å². The normalized spacial score (nSPS) is 15.7. The first-order valence-corrected chi connectivity index (χ1v) is 8.87. The van der Waals surface area contributed by atoms with Crippen molar-refractivity contribution < 1.29 is 32.6 Å². The van der Waals surface area contributed by atoms with Crippen LogP contribution in [0.4, 0.5) is 13.2 Å². The molecule has 2 N–H and O–H groups in total. The van der Waals surface area contributed by atoms with Gasteiger partial charge in [-0.15, -0.1) is 0 Å². The molecule has 29 heavy (non-hydrogen) atoms. The summed E-state index contributed by atoms with van der Waals surface area (Å²) in [5.41, 5.74) is 3.49. The van der Waals surface area contributed by atoms with E-state index in [-0.39, 0.29) is 11.8 Å². The van der Waals surface area contributed by atoms with Gasteiger partial charge < -0.3 is 15.2 Å². The van der Waals surface area contributed by atoms with E-state index in [9.17, 15) is 18.0 Å². The number of rotatable bonds is 5. The number of carbonyl (C=O) groups excluding carboxylic acids is 1.